The third-order valence-corrected chi connectivity index (χ3v) is 2.91. The molecule has 9 heteroatoms. The predicted molar refractivity (Wildman–Crippen MR) is 60.7 cm³/mol. The number of nitrogens with one attached hydrogen (secondary N) is 1. The van der Waals surface area contributed by atoms with E-state index in [1.54, 1.807) is 5.32 Å². The lowest BCUT2D eigenvalue weighted by Crippen LogP contribution is -2.49. The van der Waals surface area contributed by atoms with Crippen LogP contribution in [0.5, 0.6) is 0 Å². The maximum Gasteiger partial charge on any atom is 0.405 e. The Bertz CT molecular complexity index is 398. The van der Waals surface area contributed by atoms with Gasteiger partial charge in [-0.2, -0.15) is 13.2 Å². The third-order valence-electron chi connectivity index (χ3n) is 2.91. The van der Waals surface area contributed by atoms with Crippen LogP contribution in [0.1, 0.15) is 25.7 Å². The molecule has 1 fully saturated rings. The molecular formula is C11H15F3N2O4. The second kappa shape index (κ2) is 6.58. The highest BCUT2D eigenvalue weighted by atomic mass is 19.4. The van der Waals surface area contributed by atoms with Crippen molar-refractivity contribution in [3.8, 4) is 0 Å². The molecule has 0 saturated carbocycles. The Labute approximate surface area is 112 Å². The average Bonchev–Trinajstić information content (AvgIpc) is 2.35. The highest BCUT2D eigenvalue weighted by Crippen LogP contribution is 2.18. The molecule has 0 aromatic rings. The molecule has 0 aromatic heterocycles. The molecule has 1 rings (SSSR count). The fraction of sp³-hybridized carbons (Fsp3) is 0.727. The zero-order valence-electron chi connectivity index (χ0n) is 10.6. The van der Waals surface area contributed by atoms with Crippen LogP contribution in [0.3, 0.4) is 0 Å². The Hall–Kier alpha value is -1.80. The number of carbonyl (C=O) groups excluding carboxylic acids is 2. The SMILES string of the molecule is O=C(CC(=O)N1CCCCC1C(=O)O)NCC(F)(F)F. The molecule has 6 nitrogen and oxygen atoms in total. The van der Waals surface area contributed by atoms with E-state index in [1.165, 1.54) is 0 Å². The molecule has 1 aliphatic rings. The van der Waals surface area contributed by atoms with Crippen LogP contribution in [0.4, 0.5) is 13.2 Å². The van der Waals surface area contributed by atoms with Crippen LogP contribution >= 0.6 is 0 Å². The van der Waals surface area contributed by atoms with Gasteiger partial charge in [0.05, 0.1) is 0 Å². The molecule has 1 heterocycles. The van der Waals surface area contributed by atoms with Crippen LogP contribution in [0, 0.1) is 0 Å². The maximum atomic E-state index is 11.9. The molecule has 1 unspecified atom stereocenters. The summed E-state index contributed by atoms with van der Waals surface area (Å²) in [6.07, 6.45) is -3.78. The first-order valence-corrected chi connectivity index (χ1v) is 6.06. The van der Waals surface area contributed by atoms with Crippen LogP contribution < -0.4 is 5.32 Å². The minimum absolute atomic E-state index is 0.197. The molecule has 2 amide bonds. The molecule has 1 aliphatic heterocycles. The average molecular weight is 296 g/mol. The van der Waals surface area contributed by atoms with Gasteiger partial charge in [-0.15, -0.1) is 0 Å². The van der Waals surface area contributed by atoms with Gasteiger partial charge in [-0.3, -0.25) is 9.59 Å². The Morgan fingerprint density at radius 3 is 2.45 bits per heavy atom. The van der Waals surface area contributed by atoms with Crippen molar-refractivity contribution in [2.24, 2.45) is 0 Å². The van der Waals surface area contributed by atoms with E-state index < -0.39 is 43.0 Å². The minimum atomic E-state index is -4.55. The minimum Gasteiger partial charge on any atom is -0.480 e. The van der Waals surface area contributed by atoms with Crippen molar-refractivity contribution in [1.29, 1.82) is 0 Å². The van der Waals surface area contributed by atoms with Gasteiger partial charge < -0.3 is 15.3 Å². The smallest absolute Gasteiger partial charge is 0.405 e. The van der Waals surface area contributed by atoms with E-state index in [4.69, 9.17) is 5.11 Å². The van der Waals surface area contributed by atoms with Gasteiger partial charge in [-0.1, -0.05) is 0 Å². The Kier molecular flexibility index (Phi) is 5.34. The second-order valence-electron chi connectivity index (χ2n) is 4.51. The van der Waals surface area contributed by atoms with Crippen molar-refractivity contribution >= 4 is 17.8 Å². The highest BCUT2D eigenvalue weighted by Gasteiger charge is 2.33. The lowest BCUT2D eigenvalue weighted by atomic mass is 10.0. The number of aliphatic carboxylic acids is 1. The van der Waals surface area contributed by atoms with Gasteiger partial charge in [0, 0.05) is 6.54 Å². The fourth-order valence-corrected chi connectivity index (χ4v) is 1.99. The number of alkyl halides is 3. The summed E-state index contributed by atoms with van der Waals surface area (Å²) in [6.45, 7) is -1.32. The van der Waals surface area contributed by atoms with Crippen molar-refractivity contribution in [3.05, 3.63) is 0 Å². The van der Waals surface area contributed by atoms with Gasteiger partial charge >= 0.3 is 12.1 Å². The Balaban J connectivity index is 2.52. The van der Waals surface area contributed by atoms with Gasteiger partial charge in [-0.05, 0) is 19.3 Å². The number of carboxylic acids is 1. The topological polar surface area (TPSA) is 86.7 Å². The zero-order chi connectivity index (χ0) is 15.3. The van der Waals surface area contributed by atoms with Crippen LogP contribution in [0.15, 0.2) is 0 Å². The summed E-state index contributed by atoms with van der Waals surface area (Å²) < 4.78 is 35.7. The maximum absolute atomic E-state index is 11.9. The molecule has 0 bridgehead atoms. The number of halogens is 3. The molecule has 0 aromatic carbocycles. The first kappa shape index (κ1) is 16.3. The third kappa shape index (κ3) is 5.06. The van der Waals surface area contributed by atoms with E-state index >= 15 is 0 Å². The fourth-order valence-electron chi connectivity index (χ4n) is 1.99. The molecule has 1 atom stereocenters. The molecule has 2 N–H and O–H groups in total. The predicted octanol–water partition coefficient (Wildman–Crippen LogP) is 0.521. The van der Waals surface area contributed by atoms with E-state index in [2.05, 4.69) is 0 Å². The quantitative estimate of drug-likeness (QED) is 0.741. The molecule has 0 radical (unpaired) electrons. The number of amides is 2. The van der Waals surface area contributed by atoms with Crippen molar-refractivity contribution in [3.63, 3.8) is 0 Å². The molecule has 0 spiro atoms. The molecular weight excluding hydrogens is 281 g/mol. The van der Waals surface area contributed by atoms with Crippen molar-refractivity contribution < 1.29 is 32.7 Å². The summed E-state index contributed by atoms with van der Waals surface area (Å²) in [5, 5.41) is 10.5. The summed E-state index contributed by atoms with van der Waals surface area (Å²) in [6, 6.07) is -1.01. The largest absolute Gasteiger partial charge is 0.480 e. The summed E-state index contributed by atoms with van der Waals surface area (Å²) in [7, 11) is 0. The summed E-state index contributed by atoms with van der Waals surface area (Å²) >= 11 is 0. The number of carbonyl (C=O) groups is 3. The van der Waals surface area contributed by atoms with Gasteiger partial charge in [0.1, 0.15) is 19.0 Å². The normalized spacial score (nSPS) is 19.6. The van der Waals surface area contributed by atoms with Crippen LogP contribution in [-0.4, -0.2) is 53.1 Å². The molecule has 114 valence electrons. The lowest BCUT2D eigenvalue weighted by molar-refractivity contribution is -0.153. The zero-order valence-corrected chi connectivity index (χ0v) is 10.6. The summed E-state index contributed by atoms with van der Waals surface area (Å²) in [5.74, 6) is -3.01. The van der Waals surface area contributed by atoms with E-state index in [9.17, 15) is 27.6 Å². The van der Waals surface area contributed by atoms with E-state index in [0.717, 1.165) is 4.90 Å². The lowest BCUT2D eigenvalue weighted by Gasteiger charge is -2.32. The van der Waals surface area contributed by atoms with Gasteiger partial charge in [0.25, 0.3) is 0 Å². The first-order valence-electron chi connectivity index (χ1n) is 6.06. The van der Waals surface area contributed by atoms with Crippen LogP contribution in [-0.2, 0) is 14.4 Å². The van der Waals surface area contributed by atoms with Crippen LogP contribution in [0.2, 0.25) is 0 Å². The van der Waals surface area contributed by atoms with Crippen molar-refractivity contribution in [1.82, 2.24) is 10.2 Å². The Morgan fingerprint density at radius 2 is 1.90 bits per heavy atom. The highest BCUT2D eigenvalue weighted by molar-refractivity contribution is 5.98. The second-order valence-corrected chi connectivity index (χ2v) is 4.51. The summed E-state index contributed by atoms with van der Waals surface area (Å²) in [5.41, 5.74) is 0. The number of rotatable bonds is 4. The number of hydrogen-bond donors (Lipinski definition) is 2. The van der Waals surface area contributed by atoms with Gasteiger partial charge in [-0.25, -0.2) is 4.79 Å². The number of nitrogens with zero attached hydrogens (tertiary/aromatic N) is 1. The number of piperidine rings is 1. The van der Waals surface area contributed by atoms with Crippen LogP contribution in [0.25, 0.3) is 0 Å². The number of carboxylic acid groups (broad SMARTS) is 1. The summed E-state index contributed by atoms with van der Waals surface area (Å²) in [4.78, 5) is 35.0. The van der Waals surface area contributed by atoms with Gasteiger partial charge in [0.2, 0.25) is 11.8 Å². The van der Waals surface area contributed by atoms with E-state index in [-0.39, 0.29) is 13.0 Å². The molecule has 20 heavy (non-hydrogen) atoms. The monoisotopic (exact) mass is 296 g/mol. The van der Waals surface area contributed by atoms with Crippen molar-refractivity contribution in [2.45, 2.75) is 37.9 Å². The van der Waals surface area contributed by atoms with E-state index in [0.29, 0.717) is 12.8 Å². The first-order chi connectivity index (χ1) is 9.20. The standard InChI is InChI=1S/C11H15F3N2O4/c12-11(13,14)6-15-8(17)5-9(18)16-4-2-1-3-7(16)10(19)20/h7H,1-6H2,(H,15,17)(H,19,20). The number of likely N-dealkylation sites (tertiary alicyclic amines) is 1. The Morgan fingerprint density at radius 1 is 1.25 bits per heavy atom. The van der Waals surface area contributed by atoms with Crippen molar-refractivity contribution in [2.75, 3.05) is 13.1 Å². The van der Waals surface area contributed by atoms with E-state index in [1.807, 2.05) is 0 Å². The number of hydrogen-bond acceptors (Lipinski definition) is 3. The molecule has 1 saturated heterocycles. The van der Waals surface area contributed by atoms with Gasteiger partial charge in [0.15, 0.2) is 0 Å². The molecule has 0 aliphatic carbocycles.